The van der Waals surface area contributed by atoms with Crippen LogP contribution in [0.5, 0.6) is 5.75 Å². The van der Waals surface area contributed by atoms with Crippen molar-refractivity contribution in [3.63, 3.8) is 0 Å². The zero-order valence-corrected chi connectivity index (χ0v) is 10.1. The van der Waals surface area contributed by atoms with E-state index in [1.807, 2.05) is 0 Å². The van der Waals surface area contributed by atoms with Gasteiger partial charge in [0.2, 0.25) is 5.91 Å². The predicted octanol–water partition coefficient (Wildman–Crippen LogP) is 1.37. The van der Waals surface area contributed by atoms with Crippen molar-refractivity contribution < 1.29 is 14.8 Å². The highest BCUT2D eigenvalue weighted by atomic mass is 16.6. The molecule has 0 saturated heterocycles. The molecular formula is C11H15N3O4. The van der Waals surface area contributed by atoms with Crippen molar-refractivity contribution in [2.75, 3.05) is 5.32 Å². The first-order chi connectivity index (χ1) is 8.19. The summed E-state index contributed by atoms with van der Waals surface area (Å²) in [4.78, 5) is 21.4. The van der Waals surface area contributed by atoms with Crippen LogP contribution in [0.15, 0.2) is 18.2 Å². The van der Waals surface area contributed by atoms with Crippen molar-refractivity contribution in [2.45, 2.75) is 25.8 Å². The molecule has 0 unspecified atom stereocenters. The SMILES string of the molecule is CC(C)(N)CC(=O)Nc1ccc([N+](=O)[O-])cc1O. The maximum absolute atomic E-state index is 11.6. The van der Waals surface area contributed by atoms with Crippen molar-refractivity contribution in [1.82, 2.24) is 0 Å². The molecule has 0 aliphatic heterocycles. The van der Waals surface area contributed by atoms with E-state index in [1.165, 1.54) is 12.1 Å². The van der Waals surface area contributed by atoms with E-state index in [2.05, 4.69) is 5.32 Å². The molecule has 7 nitrogen and oxygen atoms in total. The van der Waals surface area contributed by atoms with E-state index < -0.39 is 10.5 Å². The molecular weight excluding hydrogens is 238 g/mol. The summed E-state index contributed by atoms with van der Waals surface area (Å²) in [6, 6.07) is 3.45. The fourth-order valence-corrected chi connectivity index (χ4v) is 1.35. The summed E-state index contributed by atoms with van der Waals surface area (Å²) in [7, 11) is 0. The largest absolute Gasteiger partial charge is 0.506 e. The number of rotatable bonds is 4. The molecule has 1 aromatic rings. The molecule has 18 heavy (non-hydrogen) atoms. The number of non-ortho nitro benzene ring substituents is 1. The number of amides is 1. The number of anilines is 1. The van der Waals surface area contributed by atoms with E-state index in [-0.39, 0.29) is 29.5 Å². The fourth-order valence-electron chi connectivity index (χ4n) is 1.35. The van der Waals surface area contributed by atoms with E-state index >= 15 is 0 Å². The van der Waals surface area contributed by atoms with Crippen molar-refractivity contribution in [3.8, 4) is 5.75 Å². The van der Waals surface area contributed by atoms with Gasteiger partial charge < -0.3 is 16.2 Å². The molecule has 0 atom stereocenters. The van der Waals surface area contributed by atoms with Gasteiger partial charge in [-0.25, -0.2) is 0 Å². The molecule has 7 heteroatoms. The maximum Gasteiger partial charge on any atom is 0.273 e. The van der Waals surface area contributed by atoms with E-state index in [1.54, 1.807) is 13.8 Å². The molecule has 4 N–H and O–H groups in total. The predicted molar refractivity (Wildman–Crippen MR) is 66.3 cm³/mol. The van der Waals surface area contributed by atoms with Gasteiger partial charge in [-0.15, -0.1) is 0 Å². The lowest BCUT2D eigenvalue weighted by Gasteiger charge is -2.17. The number of carbonyl (C=O) groups excluding carboxylic acids is 1. The number of phenolic OH excluding ortho intramolecular Hbond substituents is 1. The minimum absolute atomic E-state index is 0.0728. The Bertz CT molecular complexity index is 480. The van der Waals surface area contributed by atoms with Gasteiger partial charge in [-0.05, 0) is 19.9 Å². The van der Waals surface area contributed by atoms with Crippen LogP contribution in [0.2, 0.25) is 0 Å². The van der Waals surface area contributed by atoms with Crippen LogP contribution in [0.1, 0.15) is 20.3 Å². The highest BCUT2D eigenvalue weighted by molar-refractivity contribution is 5.93. The minimum atomic E-state index is -0.666. The van der Waals surface area contributed by atoms with Crippen LogP contribution in [0.25, 0.3) is 0 Å². The number of phenols is 1. The third kappa shape index (κ3) is 4.02. The first kappa shape index (κ1) is 13.9. The smallest absolute Gasteiger partial charge is 0.273 e. The summed E-state index contributed by atoms with van der Waals surface area (Å²) in [5.41, 5.74) is 4.89. The molecule has 0 fully saturated rings. The Balaban J connectivity index is 2.80. The highest BCUT2D eigenvalue weighted by Gasteiger charge is 2.18. The van der Waals surface area contributed by atoms with Crippen LogP contribution in [-0.2, 0) is 4.79 Å². The molecule has 0 bridgehead atoms. The summed E-state index contributed by atoms with van der Waals surface area (Å²) in [5, 5.41) is 22.4. The number of nitrogens with zero attached hydrogens (tertiary/aromatic N) is 1. The Morgan fingerprint density at radius 3 is 2.61 bits per heavy atom. The molecule has 1 amide bonds. The van der Waals surface area contributed by atoms with Crippen molar-refractivity contribution >= 4 is 17.3 Å². The molecule has 98 valence electrons. The van der Waals surface area contributed by atoms with Gasteiger partial charge >= 0.3 is 0 Å². The lowest BCUT2D eigenvalue weighted by molar-refractivity contribution is -0.384. The van der Waals surface area contributed by atoms with Crippen LogP contribution >= 0.6 is 0 Å². The monoisotopic (exact) mass is 253 g/mol. The summed E-state index contributed by atoms with van der Waals surface area (Å²) in [6.07, 6.45) is 0.0728. The van der Waals surface area contributed by atoms with Gasteiger partial charge in [0.15, 0.2) is 0 Å². The molecule has 0 radical (unpaired) electrons. The average molecular weight is 253 g/mol. The number of benzene rings is 1. The second-order valence-electron chi connectivity index (χ2n) is 4.67. The van der Waals surface area contributed by atoms with Gasteiger partial charge in [-0.1, -0.05) is 0 Å². The Hall–Kier alpha value is -2.15. The zero-order valence-electron chi connectivity index (χ0n) is 10.1. The van der Waals surface area contributed by atoms with Crippen molar-refractivity contribution in [2.24, 2.45) is 5.73 Å². The van der Waals surface area contributed by atoms with Crippen molar-refractivity contribution in [3.05, 3.63) is 28.3 Å². The number of nitrogens with two attached hydrogens (primary N) is 1. The average Bonchev–Trinajstić information content (AvgIpc) is 2.17. The number of aromatic hydroxyl groups is 1. The number of hydrogen-bond acceptors (Lipinski definition) is 5. The van der Waals surface area contributed by atoms with Crippen LogP contribution in [0.4, 0.5) is 11.4 Å². The van der Waals surface area contributed by atoms with Gasteiger partial charge in [0, 0.05) is 18.0 Å². The van der Waals surface area contributed by atoms with Gasteiger partial charge in [-0.2, -0.15) is 0 Å². The second kappa shape index (κ2) is 5.01. The number of carbonyl (C=O) groups is 1. The third-order valence-electron chi connectivity index (χ3n) is 2.08. The molecule has 0 saturated carbocycles. The zero-order chi connectivity index (χ0) is 13.9. The number of nitro benzene ring substituents is 1. The lowest BCUT2D eigenvalue weighted by Crippen LogP contribution is -2.36. The fraction of sp³-hybridized carbons (Fsp3) is 0.364. The van der Waals surface area contributed by atoms with E-state index in [0.29, 0.717) is 0 Å². The van der Waals surface area contributed by atoms with E-state index in [0.717, 1.165) is 6.07 Å². The minimum Gasteiger partial charge on any atom is -0.506 e. The lowest BCUT2D eigenvalue weighted by atomic mass is 10.0. The quantitative estimate of drug-likeness (QED) is 0.425. The Morgan fingerprint density at radius 1 is 1.56 bits per heavy atom. The molecule has 1 aromatic carbocycles. The van der Waals surface area contributed by atoms with Crippen LogP contribution < -0.4 is 11.1 Å². The normalized spacial score (nSPS) is 11.1. The summed E-state index contributed by atoms with van der Waals surface area (Å²) >= 11 is 0. The molecule has 0 aliphatic carbocycles. The number of hydrogen-bond donors (Lipinski definition) is 3. The van der Waals surface area contributed by atoms with E-state index in [9.17, 15) is 20.0 Å². The van der Waals surface area contributed by atoms with Gasteiger partial charge in [-0.3, -0.25) is 14.9 Å². The Morgan fingerprint density at radius 2 is 2.17 bits per heavy atom. The third-order valence-corrected chi connectivity index (χ3v) is 2.08. The van der Waals surface area contributed by atoms with Gasteiger partial charge in [0.25, 0.3) is 5.69 Å². The molecule has 0 heterocycles. The molecule has 0 aliphatic rings. The topological polar surface area (TPSA) is 118 Å². The standard InChI is InChI=1S/C11H15N3O4/c1-11(2,12)6-10(16)13-8-4-3-7(14(17)18)5-9(8)15/h3-5,15H,6,12H2,1-2H3,(H,13,16). The van der Waals surface area contributed by atoms with Crippen LogP contribution in [0, 0.1) is 10.1 Å². The van der Waals surface area contributed by atoms with Gasteiger partial charge in [0.1, 0.15) is 5.75 Å². The molecule has 1 rings (SSSR count). The van der Waals surface area contributed by atoms with Gasteiger partial charge in [0.05, 0.1) is 16.7 Å². The number of nitro groups is 1. The van der Waals surface area contributed by atoms with E-state index in [4.69, 9.17) is 5.73 Å². The first-order valence-electron chi connectivity index (χ1n) is 5.25. The van der Waals surface area contributed by atoms with Crippen LogP contribution in [-0.4, -0.2) is 21.5 Å². The van der Waals surface area contributed by atoms with Crippen molar-refractivity contribution in [1.29, 1.82) is 0 Å². The second-order valence-corrected chi connectivity index (χ2v) is 4.67. The maximum atomic E-state index is 11.6. The highest BCUT2D eigenvalue weighted by Crippen LogP contribution is 2.28. The summed E-state index contributed by atoms with van der Waals surface area (Å²) in [5.74, 6) is -0.723. The summed E-state index contributed by atoms with van der Waals surface area (Å²) < 4.78 is 0. The molecule has 0 aromatic heterocycles. The Labute approximate surface area is 104 Å². The first-order valence-corrected chi connectivity index (χ1v) is 5.25. The summed E-state index contributed by atoms with van der Waals surface area (Å²) in [6.45, 7) is 3.39. The molecule has 0 spiro atoms. The Kier molecular flexibility index (Phi) is 3.87. The van der Waals surface area contributed by atoms with Crippen LogP contribution in [0.3, 0.4) is 0 Å². The number of nitrogens with one attached hydrogen (secondary N) is 1.